The molecule has 1 rings (SSSR count). The number of carboxylic acids is 1. The number of alkyl halides is 1. The Morgan fingerprint density at radius 3 is 2.05 bits per heavy atom. The normalized spacial score (nSPS) is 12.6. The molecule has 120 valence electrons. The van der Waals surface area contributed by atoms with Gasteiger partial charge in [0, 0.05) is 19.1 Å². The highest BCUT2D eigenvalue weighted by atomic mass is 35.5. The summed E-state index contributed by atoms with van der Waals surface area (Å²) in [4.78, 5) is 20.0. The quantitative estimate of drug-likeness (QED) is 0.353. The SMILES string of the molecule is C1CCOC1.CCCCCCl.CCOC(=O)CC(=O)O. The van der Waals surface area contributed by atoms with Crippen LogP contribution in [0.3, 0.4) is 0 Å². The third-order valence-corrected chi connectivity index (χ3v) is 2.43. The van der Waals surface area contributed by atoms with Crippen LogP contribution in [0.15, 0.2) is 0 Å². The van der Waals surface area contributed by atoms with Gasteiger partial charge in [0.2, 0.25) is 0 Å². The van der Waals surface area contributed by atoms with Crippen molar-refractivity contribution in [2.24, 2.45) is 0 Å². The maximum absolute atomic E-state index is 10.3. The molecule has 1 aliphatic heterocycles. The lowest BCUT2D eigenvalue weighted by molar-refractivity contribution is -0.150. The van der Waals surface area contributed by atoms with Gasteiger partial charge >= 0.3 is 11.9 Å². The average Bonchev–Trinajstić information content (AvgIpc) is 2.95. The van der Waals surface area contributed by atoms with Crippen molar-refractivity contribution < 1.29 is 24.2 Å². The second-order valence-corrected chi connectivity index (χ2v) is 4.47. The Balaban J connectivity index is 0. The van der Waals surface area contributed by atoms with Crippen LogP contribution < -0.4 is 0 Å². The molecule has 0 radical (unpaired) electrons. The molecular weight excluding hydrogens is 284 g/mol. The third-order valence-electron chi connectivity index (χ3n) is 2.17. The van der Waals surface area contributed by atoms with E-state index in [1.807, 2.05) is 0 Å². The van der Waals surface area contributed by atoms with Gasteiger partial charge in [-0.1, -0.05) is 19.8 Å². The molecule has 0 amide bonds. The molecule has 5 nitrogen and oxygen atoms in total. The maximum Gasteiger partial charge on any atom is 0.317 e. The molecule has 20 heavy (non-hydrogen) atoms. The highest BCUT2D eigenvalue weighted by Gasteiger charge is 2.06. The highest BCUT2D eigenvalue weighted by Crippen LogP contribution is 1.98. The average molecular weight is 311 g/mol. The fraction of sp³-hybridized carbons (Fsp3) is 0.857. The first-order valence-corrected chi connectivity index (χ1v) is 7.63. The van der Waals surface area contributed by atoms with E-state index >= 15 is 0 Å². The number of unbranched alkanes of at least 4 members (excludes halogenated alkanes) is 2. The van der Waals surface area contributed by atoms with Gasteiger partial charge in [-0.25, -0.2) is 0 Å². The summed E-state index contributed by atoms with van der Waals surface area (Å²) < 4.78 is 9.28. The first-order valence-electron chi connectivity index (χ1n) is 7.09. The van der Waals surface area contributed by atoms with E-state index < -0.39 is 18.4 Å². The molecule has 1 fully saturated rings. The van der Waals surface area contributed by atoms with Gasteiger partial charge in [0.25, 0.3) is 0 Å². The largest absolute Gasteiger partial charge is 0.481 e. The minimum Gasteiger partial charge on any atom is -0.481 e. The fourth-order valence-corrected chi connectivity index (χ4v) is 1.38. The smallest absolute Gasteiger partial charge is 0.317 e. The molecule has 0 atom stereocenters. The van der Waals surface area contributed by atoms with Crippen molar-refractivity contribution in [1.82, 2.24) is 0 Å². The number of carbonyl (C=O) groups excluding carboxylic acids is 1. The van der Waals surface area contributed by atoms with E-state index in [1.54, 1.807) is 6.92 Å². The number of carbonyl (C=O) groups is 2. The molecular formula is C14H27ClO5. The number of halogens is 1. The van der Waals surface area contributed by atoms with Gasteiger partial charge in [-0.15, -0.1) is 11.6 Å². The predicted octanol–water partition coefficient (Wildman–Crippen LogP) is 3.24. The van der Waals surface area contributed by atoms with Crippen LogP contribution in [-0.2, 0) is 19.1 Å². The number of esters is 1. The molecule has 0 saturated carbocycles. The standard InChI is InChI=1S/C5H11Cl.C5H8O4.C4H8O/c1-2-3-4-5-6;1-2-9-5(8)3-4(6)7;1-2-4-5-3-1/h2-5H2,1H3;2-3H2,1H3,(H,6,7);1-4H2. The van der Waals surface area contributed by atoms with Crippen molar-refractivity contribution in [3.8, 4) is 0 Å². The zero-order valence-electron chi connectivity index (χ0n) is 12.5. The van der Waals surface area contributed by atoms with Crippen LogP contribution in [-0.4, -0.2) is 42.7 Å². The molecule has 6 heteroatoms. The number of aliphatic carboxylic acids is 1. The van der Waals surface area contributed by atoms with E-state index in [-0.39, 0.29) is 6.61 Å². The Kier molecular flexibility index (Phi) is 19.5. The second-order valence-electron chi connectivity index (χ2n) is 4.09. The Hall–Kier alpha value is -0.810. The molecule has 1 N–H and O–H groups in total. The number of carboxylic acid groups (broad SMARTS) is 1. The van der Waals surface area contributed by atoms with Crippen LogP contribution in [0.2, 0.25) is 0 Å². The summed E-state index contributed by atoms with van der Waals surface area (Å²) in [5.41, 5.74) is 0. The summed E-state index contributed by atoms with van der Waals surface area (Å²) in [6.07, 6.45) is 5.74. The number of ether oxygens (including phenoxy) is 2. The molecule has 0 aromatic heterocycles. The Morgan fingerprint density at radius 2 is 1.80 bits per heavy atom. The Bertz CT molecular complexity index is 218. The molecule has 1 aliphatic rings. The van der Waals surface area contributed by atoms with Crippen LogP contribution in [0.4, 0.5) is 0 Å². The van der Waals surface area contributed by atoms with Crippen LogP contribution in [0.5, 0.6) is 0 Å². The molecule has 0 aromatic carbocycles. The summed E-state index contributed by atoms with van der Waals surface area (Å²) in [6.45, 7) is 6.03. The minimum absolute atomic E-state index is 0.228. The first kappa shape index (κ1) is 21.5. The zero-order valence-corrected chi connectivity index (χ0v) is 13.3. The summed E-state index contributed by atoms with van der Waals surface area (Å²) in [5, 5.41) is 8.01. The summed E-state index contributed by atoms with van der Waals surface area (Å²) in [5.74, 6) is -1.02. The van der Waals surface area contributed by atoms with Crippen molar-refractivity contribution in [2.75, 3.05) is 25.7 Å². The molecule has 0 bridgehead atoms. The van der Waals surface area contributed by atoms with Gasteiger partial charge in [0.15, 0.2) is 0 Å². The van der Waals surface area contributed by atoms with Gasteiger partial charge in [0.05, 0.1) is 6.61 Å². The summed E-state index contributed by atoms with van der Waals surface area (Å²) >= 11 is 5.38. The summed E-state index contributed by atoms with van der Waals surface area (Å²) in [6, 6.07) is 0. The van der Waals surface area contributed by atoms with Gasteiger partial charge in [-0.2, -0.15) is 0 Å². The lowest BCUT2D eigenvalue weighted by atomic mass is 10.3. The maximum atomic E-state index is 10.3. The fourth-order valence-electron chi connectivity index (χ4n) is 1.19. The van der Waals surface area contributed by atoms with Crippen LogP contribution >= 0.6 is 11.6 Å². The van der Waals surface area contributed by atoms with Crippen molar-refractivity contribution in [1.29, 1.82) is 0 Å². The van der Waals surface area contributed by atoms with Crippen molar-refractivity contribution in [3.05, 3.63) is 0 Å². The van der Waals surface area contributed by atoms with E-state index in [4.69, 9.17) is 21.4 Å². The number of hydrogen-bond donors (Lipinski definition) is 1. The lowest BCUT2D eigenvalue weighted by Gasteiger charge is -1.95. The molecule has 1 saturated heterocycles. The molecule has 1 heterocycles. The number of hydrogen-bond acceptors (Lipinski definition) is 4. The predicted molar refractivity (Wildman–Crippen MR) is 79.2 cm³/mol. The molecule has 0 spiro atoms. The van der Waals surface area contributed by atoms with E-state index in [0.29, 0.717) is 0 Å². The molecule has 0 aromatic rings. The van der Waals surface area contributed by atoms with Crippen molar-refractivity contribution in [3.63, 3.8) is 0 Å². The lowest BCUT2D eigenvalue weighted by Crippen LogP contribution is -2.09. The summed E-state index contributed by atoms with van der Waals surface area (Å²) in [7, 11) is 0. The Labute approximate surface area is 126 Å². The van der Waals surface area contributed by atoms with E-state index in [9.17, 15) is 9.59 Å². The van der Waals surface area contributed by atoms with E-state index in [0.717, 1.165) is 19.1 Å². The van der Waals surface area contributed by atoms with Crippen LogP contribution in [0.1, 0.15) is 52.4 Å². The second kappa shape index (κ2) is 18.2. The zero-order chi connectivity index (χ0) is 15.6. The van der Waals surface area contributed by atoms with Crippen molar-refractivity contribution >= 4 is 23.5 Å². The monoisotopic (exact) mass is 310 g/mol. The van der Waals surface area contributed by atoms with Gasteiger partial charge in [-0.3, -0.25) is 9.59 Å². The van der Waals surface area contributed by atoms with Gasteiger partial charge in [0.1, 0.15) is 6.42 Å². The van der Waals surface area contributed by atoms with Crippen molar-refractivity contribution in [2.45, 2.75) is 52.4 Å². The van der Waals surface area contributed by atoms with E-state index in [2.05, 4.69) is 11.7 Å². The molecule has 0 unspecified atom stereocenters. The van der Waals surface area contributed by atoms with Gasteiger partial charge < -0.3 is 14.6 Å². The highest BCUT2D eigenvalue weighted by molar-refractivity contribution is 6.17. The van der Waals surface area contributed by atoms with Crippen LogP contribution in [0, 0.1) is 0 Å². The van der Waals surface area contributed by atoms with E-state index in [1.165, 1.54) is 32.1 Å². The first-order chi connectivity index (χ1) is 9.58. The number of rotatable bonds is 6. The topological polar surface area (TPSA) is 72.8 Å². The van der Waals surface area contributed by atoms with Gasteiger partial charge in [-0.05, 0) is 26.2 Å². The Morgan fingerprint density at radius 1 is 1.20 bits per heavy atom. The van der Waals surface area contributed by atoms with Crippen LogP contribution in [0.25, 0.3) is 0 Å². The third kappa shape index (κ3) is 22.4. The molecule has 0 aliphatic carbocycles. The minimum atomic E-state index is -1.16.